The van der Waals surface area contributed by atoms with Crippen LogP contribution in [0.25, 0.3) is 0 Å². The van der Waals surface area contributed by atoms with E-state index in [1.165, 1.54) is 22.5 Å². The number of hydrogen-bond acceptors (Lipinski definition) is 5. The Morgan fingerprint density at radius 2 is 1.77 bits per heavy atom. The Bertz CT molecular complexity index is 1010. The smallest absolute Gasteiger partial charge is 0.260 e. The number of methoxy groups -OCH3 is 1. The third-order valence-electron chi connectivity index (χ3n) is 5.21. The summed E-state index contributed by atoms with van der Waals surface area (Å²) in [6, 6.07) is 11.8. The monoisotopic (exact) mass is 466 g/mol. The van der Waals surface area contributed by atoms with Gasteiger partial charge in [-0.3, -0.25) is 4.79 Å². The van der Waals surface area contributed by atoms with Crippen molar-refractivity contribution in [2.45, 2.75) is 30.7 Å². The van der Waals surface area contributed by atoms with Crippen LogP contribution in [-0.2, 0) is 21.4 Å². The number of benzene rings is 2. The highest BCUT2D eigenvalue weighted by Gasteiger charge is 2.26. The predicted molar refractivity (Wildman–Crippen MR) is 119 cm³/mol. The fourth-order valence-electron chi connectivity index (χ4n) is 3.36. The number of hydrogen-bond donors (Lipinski definition) is 0. The summed E-state index contributed by atoms with van der Waals surface area (Å²) < 4.78 is 37.7. The van der Waals surface area contributed by atoms with Crippen LogP contribution in [0.3, 0.4) is 0 Å². The summed E-state index contributed by atoms with van der Waals surface area (Å²) in [5.41, 5.74) is 0.960. The third-order valence-corrected chi connectivity index (χ3v) is 7.40. The molecule has 1 amide bonds. The average Bonchev–Trinajstić information content (AvgIpc) is 2.79. The van der Waals surface area contributed by atoms with Crippen LogP contribution in [0.4, 0.5) is 0 Å². The van der Waals surface area contributed by atoms with Crippen molar-refractivity contribution in [1.82, 2.24) is 9.21 Å². The van der Waals surface area contributed by atoms with E-state index in [-0.39, 0.29) is 28.2 Å². The summed E-state index contributed by atoms with van der Waals surface area (Å²) in [5.74, 6) is 0.795. The highest BCUT2D eigenvalue weighted by atomic mass is 35.5. The first-order chi connectivity index (χ1) is 14.8. The zero-order valence-electron chi connectivity index (χ0n) is 17.7. The van der Waals surface area contributed by atoms with Crippen LogP contribution in [0, 0.1) is 0 Å². The highest BCUT2D eigenvalue weighted by molar-refractivity contribution is 7.89. The molecule has 2 aromatic rings. The second-order valence-corrected chi connectivity index (χ2v) is 9.79. The zero-order valence-corrected chi connectivity index (χ0v) is 19.3. The molecule has 0 radical (unpaired) electrons. The van der Waals surface area contributed by atoms with Gasteiger partial charge >= 0.3 is 0 Å². The third kappa shape index (κ3) is 5.90. The first-order valence-electron chi connectivity index (χ1n) is 10.1. The largest absolute Gasteiger partial charge is 0.497 e. The summed E-state index contributed by atoms with van der Waals surface area (Å²) in [6.45, 7) is 1.26. The zero-order chi connectivity index (χ0) is 22.4. The van der Waals surface area contributed by atoms with E-state index in [1.54, 1.807) is 19.1 Å². The number of carbonyl (C=O) groups is 1. The van der Waals surface area contributed by atoms with Crippen molar-refractivity contribution < 1.29 is 22.7 Å². The maximum atomic E-state index is 12.8. The number of halogens is 1. The number of nitrogens with zero attached hydrogens (tertiary/aromatic N) is 2. The lowest BCUT2D eigenvalue weighted by molar-refractivity contribution is -0.132. The minimum atomic E-state index is -3.58. The number of likely N-dealkylation sites (N-methyl/N-ethyl adjacent to an activating group) is 1. The molecule has 3 rings (SSSR count). The summed E-state index contributed by atoms with van der Waals surface area (Å²) in [6.07, 6.45) is 2.76. The molecule has 0 unspecified atom stereocenters. The molecule has 2 aromatic carbocycles. The molecule has 0 saturated carbocycles. The van der Waals surface area contributed by atoms with Crippen molar-refractivity contribution in [3.8, 4) is 11.5 Å². The van der Waals surface area contributed by atoms with E-state index < -0.39 is 10.0 Å². The van der Waals surface area contributed by atoms with Gasteiger partial charge in [-0.1, -0.05) is 30.2 Å². The second-order valence-electron chi connectivity index (χ2n) is 7.44. The van der Waals surface area contributed by atoms with Crippen LogP contribution in [0.1, 0.15) is 24.8 Å². The fourth-order valence-corrected chi connectivity index (χ4v) is 5.20. The maximum Gasteiger partial charge on any atom is 0.260 e. The van der Waals surface area contributed by atoms with E-state index in [0.29, 0.717) is 19.6 Å². The molecule has 1 fully saturated rings. The molecular weight excluding hydrogens is 440 g/mol. The highest BCUT2D eigenvalue weighted by Crippen LogP contribution is 2.29. The van der Waals surface area contributed by atoms with Crippen LogP contribution in [0.15, 0.2) is 47.4 Å². The molecule has 0 spiro atoms. The molecule has 0 aromatic heterocycles. The number of ether oxygens (including phenoxy) is 2. The molecule has 7 nitrogen and oxygen atoms in total. The van der Waals surface area contributed by atoms with Gasteiger partial charge in [0, 0.05) is 26.7 Å². The van der Waals surface area contributed by atoms with Crippen molar-refractivity contribution >= 4 is 27.5 Å². The first kappa shape index (κ1) is 23.4. The van der Waals surface area contributed by atoms with Crippen LogP contribution in [0.5, 0.6) is 11.5 Å². The normalized spacial score (nSPS) is 14.8. The molecule has 1 aliphatic rings. The predicted octanol–water partition coefficient (Wildman–Crippen LogP) is 3.56. The van der Waals surface area contributed by atoms with E-state index in [1.807, 2.05) is 24.3 Å². The molecule has 1 aliphatic heterocycles. The molecule has 31 heavy (non-hydrogen) atoms. The van der Waals surface area contributed by atoms with E-state index in [4.69, 9.17) is 21.1 Å². The van der Waals surface area contributed by atoms with Gasteiger partial charge in [0.2, 0.25) is 10.0 Å². The van der Waals surface area contributed by atoms with Gasteiger partial charge in [0.15, 0.2) is 6.61 Å². The minimum absolute atomic E-state index is 0.134. The van der Waals surface area contributed by atoms with Crippen molar-refractivity contribution in [3.63, 3.8) is 0 Å². The van der Waals surface area contributed by atoms with Gasteiger partial charge in [0.1, 0.15) is 11.5 Å². The van der Waals surface area contributed by atoms with Gasteiger partial charge in [-0.15, -0.1) is 0 Å². The Balaban J connectivity index is 1.58. The quantitative estimate of drug-likeness (QED) is 0.594. The second kappa shape index (κ2) is 10.3. The van der Waals surface area contributed by atoms with E-state index in [9.17, 15) is 13.2 Å². The molecule has 0 atom stereocenters. The average molecular weight is 467 g/mol. The Kier molecular flexibility index (Phi) is 7.80. The lowest BCUT2D eigenvalue weighted by Gasteiger charge is -2.26. The summed E-state index contributed by atoms with van der Waals surface area (Å²) >= 11 is 6.25. The number of amides is 1. The summed E-state index contributed by atoms with van der Waals surface area (Å²) in [4.78, 5) is 14.1. The van der Waals surface area contributed by atoms with Gasteiger partial charge in [-0.2, -0.15) is 4.31 Å². The number of rotatable bonds is 8. The van der Waals surface area contributed by atoms with Gasteiger partial charge < -0.3 is 14.4 Å². The van der Waals surface area contributed by atoms with Gasteiger partial charge in [0.25, 0.3) is 5.91 Å². The number of carbonyl (C=O) groups excluding carboxylic acids is 1. The van der Waals surface area contributed by atoms with Gasteiger partial charge in [-0.25, -0.2) is 8.42 Å². The van der Waals surface area contributed by atoms with Gasteiger partial charge in [0.05, 0.1) is 17.0 Å². The minimum Gasteiger partial charge on any atom is -0.497 e. The molecule has 0 N–H and O–H groups in total. The van der Waals surface area contributed by atoms with Crippen molar-refractivity contribution in [2.75, 3.05) is 33.9 Å². The van der Waals surface area contributed by atoms with E-state index in [0.717, 1.165) is 30.6 Å². The fraction of sp³-hybridized carbons (Fsp3) is 0.409. The summed E-state index contributed by atoms with van der Waals surface area (Å²) in [5, 5.41) is 0.156. The Labute approximate surface area is 188 Å². The van der Waals surface area contributed by atoms with Crippen LogP contribution in [-0.4, -0.2) is 57.4 Å². The molecule has 168 valence electrons. The Morgan fingerprint density at radius 1 is 1.10 bits per heavy atom. The molecule has 0 bridgehead atoms. The van der Waals surface area contributed by atoms with Crippen molar-refractivity contribution in [3.05, 3.63) is 53.1 Å². The van der Waals surface area contributed by atoms with Crippen LogP contribution >= 0.6 is 11.6 Å². The standard InChI is InChI=1S/C22H27ClN2O5S/c1-24(15-17-6-8-18(29-2)9-7-17)22(26)16-30-21-11-10-19(14-20(21)23)31(27,28)25-12-4-3-5-13-25/h6-11,14H,3-5,12-13,15-16H2,1-2H3. The maximum absolute atomic E-state index is 12.8. The van der Waals surface area contributed by atoms with Crippen LogP contribution < -0.4 is 9.47 Å². The SMILES string of the molecule is COc1ccc(CN(C)C(=O)COc2ccc(S(=O)(=O)N3CCCCC3)cc2Cl)cc1. The summed E-state index contributed by atoms with van der Waals surface area (Å²) in [7, 11) is -0.290. The molecule has 1 saturated heterocycles. The molecule has 9 heteroatoms. The van der Waals surface area contributed by atoms with Crippen LogP contribution in [0.2, 0.25) is 5.02 Å². The lowest BCUT2D eigenvalue weighted by atomic mass is 10.2. The molecule has 1 heterocycles. The van der Waals surface area contributed by atoms with E-state index >= 15 is 0 Å². The van der Waals surface area contributed by atoms with Crippen molar-refractivity contribution in [1.29, 1.82) is 0 Å². The topological polar surface area (TPSA) is 76.1 Å². The Morgan fingerprint density at radius 3 is 2.39 bits per heavy atom. The number of piperidine rings is 1. The van der Waals surface area contributed by atoms with Gasteiger partial charge in [-0.05, 0) is 48.7 Å². The first-order valence-corrected chi connectivity index (χ1v) is 11.9. The Hall–Kier alpha value is -2.29. The van der Waals surface area contributed by atoms with E-state index in [2.05, 4.69) is 0 Å². The number of sulfonamides is 1. The van der Waals surface area contributed by atoms with Crippen molar-refractivity contribution in [2.24, 2.45) is 0 Å². The molecular formula is C22H27ClN2O5S. The lowest BCUT2D eigenvalue weighted by Crippen LogP contribution is -2.35. The molecule has 0 aliphatic carbocycles.